The number of nitrogen functional groups attached to an aromatic ring is 1. The van der Waals surface area contributed by atoms with Crippen LogP contribution in [0.3, 0.4) is 0 Å². The van der Waals surface area contributed by atoms with Gasteiger partial charge in [0.2, 0.25) is 5.78 Å². The van der Waals surface area contributed by atoms with E-state index in [1.807, 2.05) is 0 Å². The second-order valence-corrected chi connectivity index (χ2v) is 5.17. The van der Waals surface area contributed by atoms with E-state index in [2.05, 4.69) is 0 Å². The molecule has 0 aliphatic heterocycles. The van der Waals surface area contributed by atoms with Crippen molar-refractivity contribution in [3.63, 3.8) is 0 Å². The molecule has 134 valence electrons. The van der Waals surface area contributed by atoms with Crippen molar-refractivity contribution in [2.75, 3.05) is 12.3 Å². The minimum atomic E-state index is -4.66. The molecule has 0 saturated heterocycles. The maximum absolute atomic E-state index is 12.9. The van der Waals surface area contributed by atoms with E-state index < -0.39 is 46.7 Å². The Kier molecular flexibility index (Phi) is 4.73. The Morgan fingerprint density at radius 2 is 1.76 bits per heavy atom. The molecule has 0 aliphatic carbocycles. The number of nitrogens with two attached hydrogens (primary N) is 1. The zero-order chi connectivity index (χ0) is 18.9. The van der Waals surface area contributed by atoms with Crippen molar-refractivity contribution >= 4 is 11.6 Å². The fourth-order valence-corrected chi connectivity index (χ4v) is 2.16. The largest absolute Gasteiger partial charge is 0.485 e. The fraction of sp³-hybridized carbons (Fsp3) is 0.267. The van der Waals surface area contributed by atoms with Crippen molar-refractivity contribution in [3.8, 4) is 5.75 Å². The van der Waals surface area contributed by atoms with Crippen LogP contribution in [-0.2, 0) is 20.3 Å². The molecule has 0 fully saturated rings. The number of para-hydroxylation sites is 1. The Balaban J connectivity index is 2.35. The molecule has 1 heterocycles. The lowest BCUT2D eigenvalue weighted by Crippen LogP contribution is -2.42. The lowest BCUT2D eigenvalue weighted by molar-refractivity contribution is -0.138. The number of hydrogen-bond donors (Lipinski definition) is 1. The first-order valence-corrected chi connectivity index (χ1v) is 6.93. The molecule has 0 unspecified atom stereocenters. The second kappa shape index (κ2) is 6.46. The molecule has 1 aromatic carbocycles. The van der Waals surface area contributed by atoms with Gasteiger partial charge < -0.3 is 10.5 Å². The third kappa shape index (κ3) is 3.42. The summed E-state index contributed by atoms with van der Waals surface area (Å²) in [4.78, 5) is 36.0. The van der Waals surface area contributed by atoms with Gasteiger partial charge in [-0.15, -0.1) is 0 Å². The lowest BCUT2D eigenvalue weighted by Gasteiger charge is -2.14. The van der Waals surface area contributed by atoms with Gasteiger partial charge in [0.15, 0.2) is 6.61 Å². The lowest BCUT2D eigenvalue weighted by atomic mass is 10.2. The molecule has 7 nitrogen and oxygen atoms in total. The highest BCUT2D eigenvalue weighted by atomic mass is 19.4. The molecule has 25 heavy (non-hydrogen) atoms. The standard InChI is InChI=1S/C15H14F3N3O4/c1-20-12(19)11(13(23)21(2)14(20)24)9(22)7-25-10-6-4-3-5-8(10)15(16,17)18/h3-6H,7,19H2,1-2H3. The molecule has 1 aromatic heterocycles. The predicted octanol–water partition coefficient (Wildman–Crippen LogP) is 0.947. The van der Waals surface area contributed by atoms with E-state index in [0.717, 1.165) is 23.7 Å². The SMILES string of the molecule is Cn1c(N)c(C(=O)COc2ccccc2C(F)(F)F)c(=O)n(C)c1=O. The van der Waals surface area contributed by atoms with Gasteiger partial charge in [0.25, 0.3) is 5.56 Å². The zero-order valence-corrected chi connectivity index (χ0v) is 13.3. The van der Waals surface area contributed by atoms with Crippen molar-refractivity contribution in [3.05, 3.63) is 56.2 Å². The molecular weight excluding hydrogens is 343 g/mol. The first-order chi connectivity index (χ1) is 11.6. The number of benzene rings is 1. The van der Waals surface area contributed by atoms with Crippen molar-refractivity contribution in [2.24, 2.45) is 14.1 Å². The summed E-state index contributed by atoms with van der Waals surface area (Å²) in [5, 5.41) is 0. The average molecular weight is 357 g/mol. The van der Waals surface area contributed by atoms with Crippen molar-refractivity contribution in [1.29, 1.82) is 0 Å². The van der Waals surface area contributed by atoms with Gasteiger partial charge in [-0.2, -0.15) is 13.2 Å². The molecule has 0 bridgehead atoms. The van der Waals surface area contributed by atoms with Crippen LogP contribution in [0.2, 0.25) is 0 Å². The van der Waals surface area contributed by atoms with Crippen LogP contribution >= 0.6 is 0 Å². The number of rotatable bonds is 4. The quantitative estimate of drug-likeness (QED) is 0.822. The highest BCUT2D eigenvalue weighted by Crippen LogP contribution is 2.35. The Bertz CT molecular complexity index is 945. The third-order valence-corrected chi connectivity index (χ3v) is 3.54. The summed E-state index contributed by atoms with van der Waals surface area (Å²) in [6.07, 6.45) is -4.66. The molecule has 10 heteroatoms. The van der Waals surface area contributed by atoms with E-state index in [-0.39, 0.29) is 5.82 Å². The van der Waals surface area contributed by atoms with Gasteiger partial charge in [-0.3, -0.25) is 18.7 Å². The van der Waals surface area contributed by atoms with Gasteiger partial charge in [0.1, 0.15) is 17.1 Å². The van der Waals surface area contributed by atoms with Crippen LogP contribution in [-0.4, -0.2) is 21.5 Å². The number of ketones is 1. The van der Waals surface area contributed by atoms with Gasteiger partial charge in [0.05, 0.1) is 5.56 Å². The van der Waals surface area contributed by atoms with Crippen LogP contribution in [0, 0.1) is 0 Å². The van der Waals surface area contributed by atoms with Gasteiger partial charge in [0, 0.05) is 14.1 Å². The number of carbonyl (C=O) groups excluding carboxylic acids is 1. The minimum absolute atomic E-state index is 0.384. The second-order valence-electron chi connectivity index (χ2n) is 5.17. The highest BCUT2D eigenvalue weighted by molar-refractivity contribution is 6.00. The molecule has 0 amide bonds. The number of ether oxygens (including phenoxy) is 1. The summed E-state index contributed by atoms with van der Waals surface area (Å²) in [6.45, 7) is -0.843. The molecule has 2 rings (SSSR count). The van der Waals surface area contributed by atoms with Gasteiger partial charge in [-0.25, -0.2) is 4.79 Å². The number of anilines is 1. The van der Waals surface area contributed by atoms with Crippen LogP contribution < -0.4 is 21.7 Å². The molecule has 0 atom stereocenters. The number of carbonyl (C=O) groups is 1. The number of aromatic nitrogens is 2. The van der Waals surface area contributed by atoms with E-state index in [0.29, 0.717) is 4.57 Å². The number of hydrogen-bond acceptors (Lipinski definition) is 5. The Labute approximate surface area is 139 Å². The normalized spacial score (nSPS) is 11.4. The molecule has 2 N–H and O–H groups in total. The molecule has 2 aromatic rings. The average Bonchev–Trinajstić information content (AvgIpc) is 2.56. The van der Waals surface area contributed by atoms with E-state index in [1.54, 1.807) is 0 Å². The molecular formula is C15H14F3N3O4. The first kappa shape index (κ1) is 18.3. The zero-order valence-electron chi connectivity index (χ0n) is 13.3. The summed E-state index contributed by atoms with van der Waals surface area (Å²) < 4.78 is 45.2. The monoisotopic (exact) mass is 357 g/mol. The van der Waals surface area contributed by atoms with Crippen LogP contribution in [0.4, 0.5) is 19.0 Å². The van der Waals surface area contributed by atoms with Crippen molar-refractivity contribution < 1.29 is 22.7 Å². The summed E-state index contributed by atoms with van der Waals surface area (Å²) in [5.41, 5.74) is 2.36. The van der Waals surface area contributed by atoms with Crippen LogP contribution in [0.5, 0.6) is 5.75 Å². The van der Waals surface area contributed by atoms with E-state index in [4.69, 9.17) is 10.5 Å². The van der Waals surface area contributed by atoms with E-state index >= 15 is 0 Å². The van der Waals surface area contributed by atoms with Crippen molar-refractivity contribution in [1.82, 2.24) is 9.13 Å². The Hall–Kier alpha value is -3.04. The molecule has 0 saturated carbocycles. The van der Waals surface area contributed by atoms with E-state index in [1.165, 1.54) is 19.2 Å². The summed E-state index contributed by atoms with van der Waals surface area (Å²) in [5.74, 6) is -1.87. The number of nitrogens with zero attached hydrogens (tertiary/aromatic N) is 2. The summed E-state index contributed by atoms with van der Waals surface area (Å²) >= 11 is 0. The Morgan fingerprint density at radius 1 is 1.16 bits per heavy atom. The van der Waals surface area contributed by atoms with Gasteiger partial charge in [-0.05, 0) is 12.1 Å². The Morgan fingerprint density at radius 3 is 2.36 bits per heavy atom. The smallest absolute Gasteiger partial charge is 0.419 e. The van der Waals surface area contributed by atoms with E-state index in [9.17, 15) is 27.6 Å². The van der Waals surface area contributed by atoms with Crippen LogP contribution in [0.25, 0.3) is 0 Å². The maximum Gasteiger partial charge on any atom is 0.419 e. The maximum atomic E-state index is 12.9. The minimum Gasteiger partial charge on any atom is -0.485 e. The van der Waals surface area contributed by atoms with Gasteiger partial charge >= 0.3 is 11.9 Å². The summed E-state index contributed by atoms with van der Waals surface area (Å²) in [6, 6.07) is 4.35. The number of Topliss-reactive ketones (excluding diaryl/α,β-unsaturated/α-hetero) is 1. The third-order valence-electron chi connectivity index (χ3n) is 3.54. The van der Waals surface area contributed by atoms with Gasteiger partial charge in [-0.1, -0.05) is 12.1 Å². The van der Waals surface area contributed by atoms with Crippen LogP contribution in [0.1, 0.15) is 15.9 Å². The summed E-state index contributed by atoms with van der Waals surface area (Å²) in [7, 11) is 2.41. The van der Waals surface area contributed by atoms with Crippen LogP contribution in [0.15, 0.2) is 33.9 Å². The predicted molar refractivity (Wildman–Crippen MR) is 82.6 cm³/mol. The van der Waals surface area contributed by atoms with Crippen molar-refractivity contribution in [2.45, 2.75) is 6.18 Å². The topological polar surface area (TPSA) is 96.3 Å². The first-order valence-electron chi connectivity index (χ1n) is 6.93. The molecule has 0 radical (unpaired) electrons. The fourth-order valence-electron chi connectivity index (χ4n) is 2.16. The molecule has 0 spiro atoms. The molecule has 0 aliphatic rings. The number of halogens is 3. The highest BCUT2D eigenvalue weighted by Gasteiger charge is 2.34. The number of alkyl halides is 3.